The number of pyridine rings is 1. The summed E-state index contributed by atoms with van der Waals surface area (Å²) in [5, 5.41) is 17.9. The first-order valence-corrected chi connectivity index (χ1v) is 8.88. The molecule has 0 aliphatic heterocycles. The molecule has 0 saturated heterocycles. The van der Waals surface area contributed by atoms with Gasteiger partial charge >= 0.3 is 0 Å². The highest BCUT2D eigenvalue weighted by molar-refractivity contribution is 6.34. The van der Waals surface area contributed by atoms with E-state index in [4.69, 9.17) is 34.8 Å². The molecule has 1 atom stereocenters. The van der Waals surface area contributed by atoms with Crippen molar-refractivity contribution in [2.45, 2.75) is 19.6 Å². The van der Waals surface area contributed by atoms with Gasteiger partial charge in [0.2, 0.25) is 0 Å². The molecule has 25 heavy (non-hydrogen) atoms. The molecule has 1 heterocycles. The summed E-state index contributed by atoms with van der Waals surface area (Å²) in [6.07, 6.45) is 0.912. The van der Waals surface area contributed by atoms with Crippen molar-refractivity contribution in [2.24, 2.45) is 4.99 Å². The van der Waals surface area contributed by atoms with E-state index in [1.807, 2.05) is 13.0 Å². The van der Waals surface area contributed by atoms with Crippen LogP contribution in [0.1, 0.15) is 24.2 Å². The average Bonchev–Trinajstić information content (AvgIpc) is 2.57. The Morgan fingerprint density at radius 3 is 2.48 bits per heavy atom. The number of benzene rings is 1. The molecule has 0 aliphatic carbocycles. The van der Waals surface area contributed by atoms with Gasteiger partial charge in [-0.1, -0.05) is 40.9 Å². The van der Waals surface area contributed by atoms with Crippen molar-refractivity contribution >= 4 is 40.8 Å². The molecule has 0 saturated carbocycles. The Morgan fingerprint density at radius 1 is 1.16 bits per heavy atom. The monoisotopic (exact) mass is 400 g/mol. The number of hydrogen-bond acceptors (Lipinski definition) is 3. The summed E-state index contributed by atoms with van der Waals surface area (Å²) in [4.78, 5) is 8.49. The number of guanidine groups is 1. The van der Waals surface area contributed by atoms with Gasteiger partial charge in [0.15, 0.2) is 5.96 Å². The van der Waals surface area contributed by atoms with Crippen molar-refractivity contribution in [2.75, 3.05) is 13.1 Å². The van der Waals surface area contributed by atoms with Gasteiger partial charge in [-0.25, -0.2) is 9.98 Å². The first kappa shape index (κ1) is 19.8. The van der Waals surface area contributed by atoms with E-state index >= 15 is 0 Å². The minimum atomic E-state index is -0.766. The molecule has 2 aromatic rings. The molecule has 5 nitrogen and oxygen atoms in total. The number of rotatable bonds is 6. The minimum Gasteiger partial charge on any atom is -0.387 e. The van der Waals surface area contributed by atoms with Crippen LogP contribution >= 0.6 is 34.8 Å². The van der Waals surface area contributed by atoms with E-state index in [1.165, 1.54) is 0 Å². The Hall–Kier alpha value is -1.53. The molecule has 0 bridgehead atoms. The van der Waals surface area contributed by atoms with Crippen molar-refractivity contribution < 1.29 is 5.11 Å². The van der Waals surface area contributed by atoms with Crippen LogP contribution in [0.2, 0.25) is 15.2 Å². The van der Waals surface area contributed by atoms with Crippen LogP contribution in [0.25, 0.3) is 0 Å². The molecule has 0 aliphatic rings. The lowest BCUT2D eigenvalue weighted by Crippen LogP contribution is -2.39. The van der Waals surface area contributed by atoms with E-state index in [2.05, 4.69) is 20.6 Å². The van der Waals surface area contributed by atoms with Crippen LogP contribution < -0.4 is 10.6 Å². The van der Waals surface area contributed by atoms with E-state index in [0.29, 0.717) is 39.8 Å². The van der Waals surface area contributed by atoms with Crippen LogP contribution in [0.5, 0.6) is 0 Å². The summed E-state index contributed by atoms with van der Waals surface area (Å²) >= 11 is 17.7. The normalized spacial score (nSPS) is 12.8. The Kier molecular flexibility index (Phi) is 7.78. The van der Waals surface area contributed by atoms with Gasteiger partial charge in [0.05, 0.1) is 12.6 Å². The summed E-state index contributed by atoms with van der Waals surface area (Å²) in [7, 11) is 0. The molecular formula is C17H19Cl3N4O. The summed E-state index contributed by atoms with van der Waals surface area (Å²) in [5.41, 5.74) is 1.58. The van der Waals surface area contributed by atoms with Gasteiger partial charge in [-0.2, -0.15) is 0 Å². The molecule has 8 heteroatoms. The van der Waals surface area contributed by atoms with Gasteiger partial charge in [-0.15, -0.1) is 0 Å². The largest absolute Gasteiger partial charge is 0.387 e. The van der Waals surface area contributed by atoms with E-state index in [1.54, 1.807) is 30.5 Å². The number of aliphatic hydroxyl groups excluding tert-OH is 1. The predicted octanol–water partition coefficient (Wildman–Crippen LogP) is 3.83. The summed E-state index contributed by atoms with van der Waals surface area (Å²) in [6, 6.07) is 8.58. The van der Waals surface area contributed by atoms with E-state index in [0.717, 1.165) is 5.56 Å². The Morgan fingerprint density at radius 2 is 1.88 bits per heavy atom. The Balaban J connectivity index is 1.98. The van der Waals surface area contributed by atoms with Crippen LogP contribution in [0, 0.1) is 0 Å². The van der Waals surface area contributed by atoms with Crippen LogP contribution in [0.15, 0.2) is 41.5 Å². The van der Waals surface area contributed by atoms with Gasteiger partial charge in [0.25, 0.3) is 0 Å². The number of aliphatic imine (C=N–C) groups is 1. The fourth-order valence-electron chi connectivity index (χ4n) is 2.09. The van der Waals surface area contributed by atoms with Crippen molar-refractivity contribution in [1.82, 2.24) is 15.6 Å². The molecule has 0 fully saturated rings. The van der Waals surface area contributed by atoms with Gasteiger partial charge in [-0.05, 0) is 42.3 Å². The summed E-state index contributed by atoms with van der Waals surface area (Å²) in [6.45, 7) is 3.37. The third-order valence-electron chi connectivity index (χ3n) is 3.29. The summed E-state index contributed by atoms with van der Waals surface area (Å²) in [5.74, 6) is 0.588. The lowest BCUT2D eigenvalue weighted by atomic mass is 10.1. The van der Waals surface area contributed by atoms with E-state index in [9.17, 15) is 5.11 Å². The van der Waals surface area contributed by atoms with Crippen molar-refractivity contribution in [3.05, 3.63) is 62.9 Å². The van der Waals surface area contributed by atoms with Crippen molar-refractivity contribution in [3.63, 3.8) is 0 Å². The second-order valence-electron chi connectivity index (χ2n) is 5.28. The van der Waals surface area contributed by atoms with Crippen LogP contribution in [-0.2, 0) is 6.54 Å². The molecule has 1 aromatic heterocycles. The number of aromatic nitrogens is 1. The zero-order chi connectivity index (χ0) is 18.2. The Bertz CT molecular complexity index is 702. The highest BCUT2D eigenvalue weighted by Crippen LogP contribution is 2.23. The average molecular weight is 402 g/mol. The molecule has 1 aromatic carbocycles. The molecule has 0 amide bonds. The molecule has 134 valence electrons. The topological polar surface area (TPSA) is 69.5 Å². The number of halogens is 3. The third kappa shape index (κ3) is 6.71. The molecule has 0 radical (unpaired) electrons. The molecule has 1 unspecified atom stereocenters. The van der Waals surface area contributed by atoms with E-state index < -0.39 is 6.10 Å². The van der Waals surface area contributed by atoms with Gasteiger partial charge < -0.3 is 15.7 Å². The van der Waals surface area contributed by atoms with Gasteiger partial charge in [-0.3, -0.25) is 0 Å². The number of hydrogen-bond donors (Lipinski definition) is 3. The van der Waals surface area contributed by atoms with Crippen LogP contribution in [-0.4, -0.2) is 29.1 Å². The SMILES string of the molecule is CCNC(=NCc1ccc(Cl)nc1)NCC(O)c1cc(Cl)cc(Cl)c1. The minimum absolute atomic E-state index is 0.265. The zero-order valence-corrected chi connectivity index (χ0v) is 15.9. The molecule has 2 rings (SSSR count). The van der Waals surface area contributed by atoms with Gasteiger partial charge in [0.1, 0.15) is 5.15 Å². The van der Waals surface area contributed by atoms with Crippen molar-refractivity contribution in [3.8, 4) is 0 Å². The smallest absolute Gasteiger partial charge is 0.191 e. The van der Waals surface area contributed by atoms with E-state index in [-0.39, 0.29) is 6.54 Å². The lowest BCUT2D eigenvalue weighted by Gasteiger charge is -2.16. The highest BCUT2D eigenvalue weighted by atomic mass is 35.5. The quantitative estimate of drug-likeness (QED) is 0.391. The molecular weight excluding hydrogens is 383 g/mol. The fourth-order valence-corrected chi connectivity index (χ4v) is 2.75. The second kappa shape index (κ2) is 9.82. The van der Waals surface area contributed by atoms with Gasteiger partial charge in [0, 0.05) is 29.3 Å². The fraction of sp³-hybridized carbons (Fsp3) is 0.294. The zero-order valence-electron chi connectivity index (χ0n) is 13.6. The molecule has 3 N–H and O–H groups in total. The predicted molar refractivity (Wildman–Crippen MR) is 103 cm³/mol. The first-order chi connectivity index (χ1) is 12.0. The molecule has 0 spiro atoms. The lowest BCUT2D eigenvalue weighted by molar-refractivity contribution is 0.181. The Labute approximate surface area is 162 Å². The third-order valence-corrected chi connectivity index (χ3v) is 3.95. The maximum atomic E-state index is 10.3. The first-order valence-electron chi connectivity index (χ1n) is 7.74. The number of nitrogens with one attached hydrogen (secondary N) is 2. The maximum absolute atomic E-state index is 10.3. The highest BCUT2D eigenvalue weighted by Gasteiger charge is 2.10. The number of nitrogens with zero attached hydrogens (tertiary/aromatic N) is 2. The second-order valence-corrected chi connectivity index (χ2v) is 6.54. The number of aliphatic hydroxyl groups is 1. The van der Waals surface area contributed by atoms with Crippen molar-refractivity contribution in [1.29, 1.82) is 0 Å². The maximum Gasteiger partial charge on any atom is 0.191 e. The summed E-state index contributed by atoms with van der Waals surface area (Å²) < 4.78 is 0. The van der Waals surface area contributed by atoms with Crippen LogP contribution in [0.4, 0.5) is 0 Å². The van der Waals surface area contributed by atoms with Crippen LogP contribution in [0.3, 0.4) is 0 Å². The standard InChI is InChI=1S/C17H19Cl3N4O/c1-2-21-17(23-9-11-3-4-16(20)22-8-11)24-10-15(25)12-5-13(18)7-14(19)6-12/h3-8,15,25H,2,9-10H2,1H3,(H2,21,23,24).